The summed E-state index contributed by atoms with van der Waals surface area (Å²) in [5.41, 5.74) is 0.0120. The molecule has 0 bridgehead atoms. The van der Waals surface area contributed by atoms with Crippen molar-refractivity contribution in [3.8, 4) is 0 Å². The topological polar surface area (TPSA) is 46.9 Å². The fourth-order valence-electron chi connectivity index (χ4n) is 1.26. The molecule has 0 aromatic carbocycles. The Morgan fingerprint density at radius 3 is 3.08 bits per heavy atom. The van der Waals surface area contributed by atoms with Gasteiger partial charge in [-0.15, -0.1) is 0 Å². The van der Waals surface area contributed by atoms with Crippen molar-refractivity contribution in [3.63, 3.8) is 0 Å². The van der Waals surface area contributed by atoms with Crippen LogP contribution in [0.25, 0.3) is 0 Å². The van der Waals surface area contributed by atoms with E-state index in [1.165, 1.54) is 12.3 Å². The Labute approximate surface area is 77.6 Å². The highest BCUT2D eigenvalue weighted by Gasteiger charge is 2.02. The standard InChI is InChI=1S/C9H15N3O/c1-8(5-10-2)6-12-7-11-4-3-9(12)13/h3-4,7-8,10H,5-6H2,1-2H3. The monoisotopic (exact) mass is 181 g/mol. The summed E-state index contributed by atoms with van der Waals surface area (Å²) in [6.45, 7) is 3.71. The van der Waals surface area contributed by atoms with Gasteiger partial charge in [0.15, 0.2) is 0 Å². The van der Waals surface area contributed by atoms with Crippen LogP contribution >= 0.6 is 0 Å². The van der Waals surface area contributed by atoms with E-state index in [0.29, 0.717) is 12.5 Å². The molecule has 72 valence electrons. The minimum atomic E-state index is 0.0120. The highest BCUT2D eigenvalue weighted by Crippen LogP contribution is 1.94. The summed E-state index contributed by atoms with van der Waals surface area (Å²) < 4.78 is 1.63. The molecule has 4 nitrogen and oxygen atoms in total. The van der Waals surface area contributed by atoms with Crippen LogP contribution in [0.1, 0.15) is 6.92 Å². The first kappa shape index (κ1) is 9.92. The number of hydrogen-bond donors (Lipinski definition) is 1. The molecule has 0 aliphatic heterocycles. The highest BCUT2D eigenvalue weighted by molar-refractivity contribution is 4.82. The van der Waals surface area contributed by atoms with E-state index in [1.807, 2.05) is 7.05 Å². The summed E-state index contributed by atoms with van der Waals surface area (Å²) in [6.07, 6.45) is 3.09. The van der Waals surface area contributed by atoms with Gasteiger partial charge in [0.25, 0.3) is 5.56 Å². The Kier molecular flexibility index (Phi) is 3.64. The van der Waals surface area contributed by atoms with Crippen molar-refractivity contribution in [2.75, 3.05) is 13.6 Å². The molecule has 4 heteroatoms. The normalized spacial score (nSPS) is 12.8. The van der Waals surface area contributed by atoms with Gasteiger partial charge in [0.05, 0.1) is 6.33 Å². The maximum absolute atomic E-state index is 11.3. The number of nitrogens with one attached hydrogen (secondary N) is 1. The molecule has 0 aliphatic rings. The van der Waals surface area contributed by atoms with Crippen LogP contribution < -0.4 is 10.9 Å². The van der Waals surface area contributed by atoms with Crippen molar-refractivity contribution in [1.82, 2.24) is 14.9 Å². The molecule has 0 fully saturated rings. The van der Waals surface area contributed by atoms with Crippen LogP contribution in [-0.4, -0.2) is 23.1 Å². The van der Waals surface area contributed by atoms with Crippen LogP contribution in [0.5, 0.6) is 0 Å². The minimum absolute atomic E-state index is 0.0120. The second-order valence-electron chi connectivity index (χ2n) is 3.23. The quantitative estimate of drug-likeness (QED) is 0.716. The predicted molar refractivity (Wildman–Crippen MR) is 51.6 cm³/mol. The number of aromatic nitrogens is 2. The van der Waals surface area contributed by atoms with Crippen LogP contribution in [-0.2, 0) is 6.54 Å². The van der Waals surface area contributed by atoms with Gasteiger partial charge in [0, 0.05) is 18.8 Å². The molecule has 1 rings (SSSR count). The van der Waals surface area contributed by atoms with Gasteiger partial charge in [-0.3, -0.25) is 9.36 Å². The predicted octanol–water partition coefficient (Wildman–Crippen LogP) is 0.0988. The molecule has 0 saturated carbocycles. The summed E-state index contributed by atoms with van der Waals surface area (Å²) in [4.78, 5) is 15.2. The summed E-state index contributed by atoms with van der Waals surface area (Å²) in [5, 5.41) is 3.07. The Bertz CT molecular complexity index is 308. The first-order valence-corrected chi connectivity index (χ1v) is 4.39. The second-order valence-corrected chi connectivity index (χ2v) is 3.23. The lowest BCUT2D eigenvalue weighted by Gasteiger charge is -2.11. The van der Waals surface area contributed by atoms with Crippen molar-refractivity contribution in [3.05, 3.63) is 28.9 Å². The van der Waals surface area contributed by atoms with Crippen molar-refractivity contribution >= 4 is 0 Å². The van der Waals surface area contributed by atoms with Crippen LogP contribution in [0.3, 0.4) is 0 Å². The lowest BCUT2D eigenvalue weighted by molar-refractivity contribution is 0.451. The van der Waals surface area contributed by atoms with Crippen LogP contribution in [0.4, 0.5) is 0 Å². The zero-order valence-corrected chi connectivity index (χ0v) is 8.03. The molecule has 1 unspecified atom stereocenters. The molecule has 1 N–H and O–H groups in total. The highest BCUT2D eigenvalue weighted by atomic mass is 16.1. The third-order valence-corrected chi connectivity index (χ3v) is 1.85. The molecule has 13 heavy (non-hydrogen) atoms. The molecule has 1 aromatic heterocycles. The molecule has 0 saturated heterocycles. The van der Waals surface area contributed by atoms with Crippen molar-refractivity contribution in [2.24, 2.45) is 5.92 Å². The smallest absolute Gasteiger partial charge is 0.253 e. The fourth-order valence-corrected chi connectivity index (χ4v) is 1.26. The van der Waals surface area contributed by atoms with Gasteiger partial charge in [-0.25, -0.2) is 4.98 Å². The molecule has 0 aliphatic carbocycles. The van der Waals surface area contributed by atoms with Gasteiger partial charge in [-0.2, -0.15) is 0 Å². The maximum Gasteiger partial charge on any atom is 0.253 e. The molecular formula is C9H15N3O. The zero-order valence-electron chi connectivity index (χ0n) is 8.03. The Morgan fingerprint density at radius 1 is 1.69 bits per heavy atom. The Balaban J connectivity index is 2.63. The number of nitrogens with zero attached hydrogens (tertiary/aromatic N) is 2. The Hall–Kier alpha value is -1.16. The van der Waals surface area contributed by atoms with E-state index < -0.39 is 0 Å². The minimum Gasteiger partial charge on any atom is -0.319 e. The van der Waals surface area contributed by atoms with E-state index in [0.717, 1.165) is 6.54 Å². The van der Waals surface area contributed by atoms with E-state index in [-0.39, 0.29) is 5.56 Å². The summed E-state index contributed by atoms with van der Waals surface area (Å²) >= 11 is 0. The molecule has 1 heterocycles. The molecule has 0 amide bonds. The van der Waals surface area contributed by atoms with Crippen molar-refractivity contribution in [1.29, 1.82) is 0 Å². The van der Waals surface area contributed by atoms with Crippen LogP contribution in [0.2, 0.25) is 0 Å². The third-order valence-electron chi connectivity index (χ3n) is 1.85. The van der Waals surface area contributed by atoms with Crippen molar-refractivity contribution in [2.45, 2.75) is 13.5 Å². The van der Waals surface area contributed by atoms with Gasteiger partial charge < -0.3 is 5.32 Å². The van der Waals surface area contributed by atoms with Gasteiger partial charge in [0.2, 0.25) is 0 Å². The summed E-state index contributed by atoms with van der Waals surface area (Å²) in [5.74, 6) is 0.437. The van der Waals surface area contributed by atoms with E-state index in [9.17, 15) is 4.79 Å². The SMILES string of the molecule is CNCC(C)Cn1cnccc1=O. The average molecular weight is 181 g/mol. The molecule has 0 radical (unpaired) electrons. The Morgan fingerprint density at radius 2 is 2.46 bits per heavy atom. The van der Waals surface area contributed by atoms with Gasteiger partial charge in [-0.05, 0) is 19.5 Å². The lowest BCUT2D eigenvalue weighted by atomic mass is 10.2. The van der Waals surface area contributed by atoms with Crippen LogP contribution in [0, 0.1) is 5.92 Å². The second kappa shape index (κ2) is 4.77. The largest absolute Gasteiger partial charge is 0.319 e. The zero-order chi connectivity index (χ0) is 9.68. The van der Waals surface area contributed by atoms with Gasteiger partial charge in [-0.1, -0.05) is 6.92 Å². The van der Waals surface area contributed by atoms with E-state index in [2.05, 4.69) is 17.2 Å². The average Bonchev–Trinajstić information content (AvgIpc) is 2.09. The molecule has 1 atom stereocenters. The fraction of sp³-hybridized carbons (Fsp3) is 0.556. The van der Waals surface area contributed by atoms with Gasteiger partial charge >= 0.3 is 0 Å². The summed E-state index contributed by atoms with van der Waals surface area (Å²) in [7, 11) is 1.91. The lowest BCUT2D eigenvalue weighted by Crippen LogP contribution is -2.26. The van der Waals surface area contributed by atoms with E-state index in [1.54, 1.807) is 10.9 Å². The summed E-state index contributed by atoms with van der Waals surface area (Å²) in [6, 6.07) is 1.48. The molecule has 1 aromatic rings. The third kappa shape index (κ3) is 2.99. The number of hydrogen-bond acceptors (Lipinski definition) is 3. The van der Waals surface area contributed by atoms with E-state index >= 15 is 0 Å². The van der Waals surface area contributed by atoms with Crippen molar-refractivity contribution < 1.29 is 0 Å². The first-order valence-electron chi connectivity index (χ1n) is 4.39. The molecular weight excluding hydrogens is 166 g/mol. The van der Waals surface area contributed by atoms with Crippen LogP contribution in [0.15, 0.2) is 23.4 Å². The maximum atomic E-state index is 11.3. The molecule has 0 spiro atoms. The first-order chi connectivity index (χ1) is 6.24. The van der Waals surface area contributed by atoms with E-state index in [4.69, 9.17) is 0 Å². The number of rotatable bonds is 4. The van der Waals surface area contributed by atoms with Gasteiger partial charge in [0.1, 0.15) is 0 Å².